The first-order chi connectivity index (χ1) is 8.54. The van der Waals surface area contributed by atoms with Crippen molar-refractivity contribution < 1.29 is 8.42 Å². The second-order valence-corrected chi connectivity index (χ2v) is 8.78. The minimum absolute atomic E-state index is 0.0888. The van der Waals surface area contributed by atoms with E-state index in [2.05, 4.69) is 21.1 Å². The molecule has 4 unspecified atom stereocenters. The molecule has 0 aromatic rings. The van der Waals surface area contributed by atoms with Crippen LogP contribution in [0.15, 0.2) is 0 Å². The topological polar surface area (TPSA) is 73.5 Å². The third kappa shape index (κ3) is 2.54. The van der Waals surface area contributed by atoms with E-state index in [-0.39, 0.29) is 12.2 Å². The number of nitrogens with zero attached hydrogens (tertiary/aromatic N) is 1. The number of hydrogen-bond acceptors (Lipinski definition) is 7. The molecule has 0 bridgehead atoms. The Morgan fingerprint density at radius 2 is 2.22 bits per heavy atom. The number of hydrazine groups is 1. The molecule has 3 aliphatic heterocycles. The summed E-state index contributed by atoms with van der Waals surface area (Å²) in [5, 5.41) is 9.16. The zero-order valence-corrected chi connectivity index (χ0v) is 12.1. The van der Waals surface area contributed by atoms with Crippen LogP contribution in [-0.4, -0.2) is 61.5 Å². The van der Waals surface area contributed by atoms with E-state index < -0.39 is 15.3 Å². The van der Waals surface area contributed by atoms with E-state index in [0.717, 1.165) is 13.1 Å². The third-order valence-electron chi connectivity index (χ3n) is 3.77. The molecule has 3 fully saturated rings. The molecule has 3 heterocycles. The van der Waals surface area contributed by atoms with Gasteiger partial charge in [-0.05, 0) is 18.6 Å². The maximum absolute atomic E-state index is 11.5. The lowest BCUT2D eigenvalue weighted by Crippen LogP contribution is -2.50. The largest absolute Gasteiger partial charge is 0.282 e. The summed E-state index contributed by atoms with van der Waals surface area (Å²) < 4.78 is 23.1. The predicted molar refractivity (Wildman–Crippen MR) is 72.7 cm³/mol. The van der Waals surface area contributed by atoms with Gasteiger partial charge in [-0.25, -0.2) is 13.4 Å². The molecule has 0 saturated carbocycles. The standard InChI is InChI=1S/C10H20N4O2S2/c1-18(15,16)10-12-8-5-11-14(9(8)13-10)6-7-3-2-4-17-7/h7-13H,2-6H2,1H3. The molecule has 0 radical (unpaired) electrons. The molecule has 3 rings (SSSR count). The van der Waals surface area contributed by atoms with Crippen LogP contribution < -0.4 is 16.1 Å². The van der Waals surface area contributed by atoms with Gasteiger partial charge in [-0.3, -0.25) is 16.1 Å². The Kier molecular flexibility index (Phi) is 3.59. The maximum Gasteiger partial charge on any atom is 0.177 e. The number of thioether (sulfide) groups is 1. The molecule has 0 aliphatic carbocycles. The lowest BCUT2D eigenvalue weighted by Gasteiger charge is -2.26. The van der Waals surface area contributed by atoms with E-state index in [1.165, 1.54) is 24.9 Å². The Bertz CT molecular complexity index is 410. The predicted octanol–water partition coefficient (Wildman–Crippen LogP) is -1.08. The minimum Gasteiger partial charge on any atom is -0.282 e. The summed E-state index contributed by atoms with van der Waals surface area (Å²) >= 11 is 2.02. The van der Waals surface area contributed by atoms with Gasteiger partial charge in [0.1, 0.15) is 0 Å². The van der Waals surface area contributed by atoms with Crippen molar-refractivity contribution in [1.29, 1.82) is 0 Å². The zero-order valence-electron chi connectivity index (χ0n) is 10.4. The van der Waals surface area contributed by atoms with Gasteiger partial charge in [0.15, 0.2) is 15.3 Å². The van der Waals surface area contributed by atoms with Crippen LogP contribution in [0, 0.1) is 0 Å². The second-order valence-electron chi connectivity index (χ2n) is 5.24. The molecule has 104 valence electrons. The average Bonchev–Trinajstić information content (AvgIpc) is 2.95. The van der Waals surface area contributed by atoms with Gasteiger partial charge in [0.05, 0.1) is 12.2 Å². The maximum atomic E-state index is 11.5. The van der Waals surface area contributed by atoms with Crippen LogP contribution in [-0.2, 0) is 9.84 Å². The van der Waals surface area contributed by atoms with Gasteiger partial charge in [-0.1, -0.05) is 0 Å². The Labute approximate surface area is 112 Å². The summed E-state index contributed by atoms with van der Waals surface area (Å²) in [7, 11) is -3.08. The van der Waals surface area contributed by atoms with Crippen LogP contribution in [0.2, 0.25) is 0 Å². The Morgan fingerprint density at radius 1 is 1.39 bits per heavy atom. The molecule has 3 saturated heterocycles. The van der Waals surface area contributed by atoms with Crippen molar-refractivity contribution >= 4 is 21.6 Å². The fourth-order valence-corrected chi connectivity index (χ4v) is 4.90. The molecule has 8 heteroatoms. The third-order valence-corrected chi connectivity index (χ3v) is 6.28. The van der Waals surface area contributed by atoms with Gasteiger partial charge in [0.25, 0.3) is 0 Å². The Morgan fingerprint density at radius 3 is 2.89 bits per heavy atom. The molecule has 0 aromatic carbocycles. The highest BCUT2D eigenvalue weighted by Crippen LogP contribution is 2.28. The van der Waals surface area contributed by atoms with Gasteiger partial charge < -0.3 is 0 Å². The molecule has 0 aromatic heterocycles. The smallest absolute Gasteiger partial charge is 0.177 e. The van der Waals surface area contributed by atoms with Crippen LogP contribution in [0.4, 0.5) is 0 Å². The quantitative estimate of drug-likeness (QED) is 0.611. The van der Waals surface area contributed by atoms with Crippen LogP contribution in [0.5, 0.6) is 0 Å². The van der Waals surface area contributed by atoms with Gasteiger partial charge in [-0.15, -0.1) is 0 Å². The molecular weight excluding hydrogens is 272 g/mol. The summed E-state index contributed by atoms with van der Waals surface area (Å²) in [5.74, 6) is 1.25. The molecular formula is C10H20N4O2S2. The molecule has 0 spiro atoms. The normalized spacial score (nSPS) is 41.4. The van der Waals surface area contributed by atoms with Crippen molar-refractivity contribution in [3.8, 4) is 0 Å². The van der Waals surface area contributed by atoms with Crippen molar-refractivity contribution in [2.45, 2.75) is 35.8 Å². The Hall–Kier alpha value is 0.140. The highest BCUT2D eigenvalue weighted by atomic mass is 32.2. The molecule has 4 atom stereocenters. The van der Waals surface area contributed by atoms with Crippen molar-refractivity contribution in [3.63, 3.8) is 0 Å². The van der Waals surface area contributed by atoms with Crippen LogP contribution >= 0.6 is 11.8 Å². The first-order valence-electron chi connectivity index (χ1n) is 6.37. The number of sulfone groups is 1. The minimum atomic E-state index is -3.08. The Balaban J connectivity index is 1.62. The number of fused-ring (bicyclic) bond motifs is 1. The van der Waals surface area contributed by atoms with Crippen LogP contribution in [0.1, 0.15) is 12.8 Å². The lowest BCUT2D eigenvalue weighted by molar-refractivity contribution is 0.169. The fourth-order valence-electron chi connectivity index (χ4n) is 2.83. The molecule has 18 heavy (non-hydrogen) atoms. The SMILES string of the molecule is CS(=O)(=O)C1NC2CNN(CC3CCCS3)C2N1. The van der Waals surface area contributed by atoms with Crippen LogP contribution in [0.25, 0.3) is 0 Å². The molecule has 3 aliphatic rings. The molecule has 6 nitrogen and oxygen atoms in total. The van der Waals surface area contributed by atoms with E-state index in [4.69, 9.17) is 0 Å². The summed E-state index contributed by atoms with van der Waals surface area (Å²) in [5.41, 5.74) is 2.75. The first kappa shape index (κ1) is 13.1. The summed E-state index contributed by atoms with van der Waals surface area (Å²) in [4.78, 5) is 0. The summed E-state index contributed by atoms with van der Waals surface area (Å²) in [6.07, 6.45) is 3.92. The summed E-state index contributed by atoms with van der Waals surface area (Å²) in [6.45, 7) is 1.78. The molecule has 3 N–H and O–H groups in total. The van der Waals surface area contributed by atoms with Crippen molar-refractivity contribution in [3.05, 3.63) is 0 Å². The van der Waals surface area contributed by atoms with Crippen molar-refractivity contribution in [2.24, 2.45) is 0 Å². The monoisotopic (exact) mass is 292 g/mol. The van der Waals surface area contributed by atoms with Crippen molar-refractivity contribution in [1.82, 2.24) is 21.1 Å². The van der Waals surface area contributed by atoms with Crippen molar-refractivity contribution in [2.75, 3.05) is 25.1 Å². The second kappa shape index (κ2) is 4.92. The van der Waals surface area contributed by atoms with E-state index in [1.54, 1.807) is 0 Å². The van der Waals surface area contributed by atoms with Gasteiger partial charge in [0, 0.05) is 24.6 Å². The lowest BCUT2D eigenvalue weighted by atomic mass is 10.2. The highest BCUT2D eigenvalue weighted by molar-refractivity contribution is 8.00. The zero-order chi connectivity index (χ0) is 12.8. The number of nitrogens with one attached hydrogen (secondary N) is 3. The van der Waals surface area contributed by atoms with Gasteiger partial charge >= 0.3 is 0 Å². The number of hydrogen-bond donors (Lipinski definition) is 3. The average molecular weight is 292 g/mol. The first-order valence-corrected chi connectivity index (χ1v) is 9.37. The van der Waals surface area contributed by atoms with E-state index in [9.17, 15) is 8.42 Å². The van der Waals surface area contributed by atoms with E-state index >= 15 is 0 Å². The fraction of sp³-hybridized carbons (Fsp3) is 1.00. The highest BCUT2D eigenvalue weighted by Gasteiger charge is 2.45. The number of rotatable bonds is 3. The van der Waals surface area contributed by atoms with Crippen LogP contribution in [0.3, 0.4) is 0 Å². The van der Waals surface area contributed by atoms with Gasteiger partial charge in [0.2, 0.25) is 0 Å². The van der Waals surface area contributed by atoms with E-state index in [1.807, 2.05) is 11.8 Å². The molecule has 0 amide bonds. The van der Waals surface area contributed by atoms with E-state index in [0.29, 0.717) is 5.25 Å². The summed E-state index contributed by atoms with van der Waals surface area (Å²) in [6, 6.07) is 0.177. The van der Waals surface area contributed by atoms with Gasteiger partial charge in [-0.2, -0.15) is 11.8 Å².